The van der Waals surface area contributed by atoms with E-state index in [1.807, 2.05) is 13.0 Å². The van der Waals surface area contributed by atoms with E-state index in [1.165, 1.54) is 6.42 Å². The number of hydrogen-bond acceptors (Lipinski definition) is 2. The van der Waals surface area contributed by atoms with E-state index in [9.17, 15) is 0 Å². The van der Waals surface area contributed by atoms with Crippen LogP contribution in [-0.4, -0.2) is 11.1 Å². The molecule has 3 heteroatoms. The molecule has 0 spiro atoms. The highest BCUT2D eigenvalue weighted by atomic mass is 35.5. The summed E-state index contributed by atoms with van der Waals surface area (Å²) in [6.07, 6.45) is 5.70. The molecule has 1 aromatic heterocycles. The SMILES string of the molecule is Cc1cnc(Cl)cc1OC1CC(C)CC(C)C1. The summed E-state index contributed by atoms with van der Waals surface area (Å²) in [5, 5.41) is 0.502. The maximum absolute atomic E-state index is 6.08. The van der Waals surface area contributed by atoms with Crippen LogP contribution in [0.25, 0.3) is 0 Å². The van der Waals surface area contributed by atoms with Crippen LogP contribution in [0.3, 0.4) is 0 Å². The summed E-state index contributed by atoms with van der Waals surface area (Å²) >= 11 is 5.90. The minimum absolute atomic E-state index is 0.325. The number of pyridine rings is 1. The zero-order chi connectivity index (χ0) is 12.4. The van der Waals surface area contributed by atoms with E-state index in [0.29, 0.717) is 11.3 Å². The minimum Gasteiger partial charge on any atom is -0.490 e. The van der Waals surface area contributed by atoms with Gasteiger partial charge in [-0.1, -0.05) is 25.4 Å². The maximum atomic E-state index is 6.08. The minimum atomic E-state index is 0.325. The Morgan fingerprint density at radius 3 is 2.53 bits per heavy atom. The molecule has 0 radical (unpaired) electrons. The molecule has 2 atom stereocenters. The van der Waals surface area contributed by atoms with Crippen LogP contribution in [0.4, 0.5) is 0 Å². The van der Waals surface area contributed by atoms with Crippen molar-refractivity contribution in [2.24, 2.45) is 11.8 Å². The fourth-order valence-corrected chi connectivity index (χ4v) is 2.91. The normalized spacial score (nSPS) is 29.1. The molecule has 1 aromatic rings. The van der Waals surface area contributed by atoms with Crippen LogP contribution >= 0.6 is 11.6 Å². The van der Waals surface area contributed by atoms with E-state index in [0.717, 1.165) is 36.0 Å². The van der Waals surface area contributed by atoms with Gasteiger partial charge in [0.05, 0.1) is 6.10 Å². The first-order chi connectivity index (χ1) is 8.04. The summed E-state index contributed by atoms with van der Waals surface area (Å²) in [6, 6.07) is 1.82. The lowest BCUT2D eigenvalue weighted by Gasteiger charge is -2.32. The molecule has 0 aliphatic heterocycles. The van der Waals surface area contributed by atoms with Gasteiger partial charge in [0.2, 0.25) is 0 Å². The highest BCUT2D eigenvalue weighted by molar-refractivity contribution is 6.29. The monoisotopic (exact) mass is 253 g/mol. The Morgan fingerprint density at radius 1 is 1.24 bits per heavy atom. The summed E-state index contributed by atoms with van der Waals surface area (Å²) in [5.41, 5.74) is 1.06. The fraction of sp³-hybridized carbons (Fsp3) is 0.643. The van der Waals surface area contributed by atoms with Crippen LogP contribution in [0, 0.1) is 18.8 Å². The average Bonchev–Trinajstić information content (AvgIpc) is 2.22. The summed E-state index contributed by atoms with van der Waals surface area (Å²) in [4.78, 5) is 4.05. The molecular weight excluding hydrogens is 234 g/mol. The second-order valence-corrected chi connectivity index (χ2v) is 5.82. The van der Waals surface area contributed by atoms with Crippen LogP contribution in [0.5, 0.6) is 5.75 Å². The predicted molar refractivity (Wildman–Crippen MR) is 70.6 cm³/mol. The van der Waals surface area contributed by atoms with Gasteiger partial charge in [-0.05, 0) is 38.0 Å². The van der Waals surface area contributed by atoms with Crippen molar-refractivity contribution in [3.63, 3.8) is 0 Å². The van der Waals surface area contributed by atoms with Crippen LogP contribution in [0.2, 0.25) is 5.15 Å². The first-order valence-corrected chi connectivity index (χ1v) is 6.71. The van der Waals surface area contributed by atoms with Crippen LogP contribution in [0.1, 0.15) is 38.7 Å². The van der Waals surface area contributed by atoms with Gasteiger partial charge in [0, 0.05) is 17.8 Å². The lowest BCUT2D eigenvalue weighted by atomic mass is 9.82. The van der Waals surface area contributed by atoms with Crippen molar-refractivity contribution in [3.05, 3.63) is 23.0 Å². The molecular formula is C14H20ClNO. The predicted octanol–water partition coefficient (Wildman–Crippen LogP) is 4.25. The molecule has 1 heterocycles. The van der Waals surface area contributed by atoms with Crippen LogP contribution < -0.4 is 4.74 Å². The quantitative estimate of drug-likeness (QED) is 0.736. The van der Waals surface area contributed by atoms with E-state index in [4.69, 9.17) is 16.3 Å². The molecule has 2 unspecified atom stereocenters. The zero-order valence-corrected chi connectivity index (χ0v) is 11.5. The molecule has 1 saturated carbocycles. The third-order valence-electron chi connectivity index (χ3n) is 3.45. The van der Waals surface area contributed by atoms with E-state index < -0.39 is 0 Å². The molecule has 2 nitrogen and oxygen atoms in total. The van der Waals surface area contributed by atoms with Gasteiger partial charge in [-0.25, -0.2) is 4.98 Å². The van der Waals surface area contributed by atoms with Gasteiger partial charge in [-0.3, -0.25) is 0 Å². The summed E-state index contributed by atoms with van der Waals surface area (Å²) in [7, 11) is 0. The fourth-order valence-electron chi connectivity index (χ4n) is 2.76. The topological polar surface area (TPSA) is 22.1 Å². The van der Waals surface area contributed by atoms with Gasteiger partial charge in [0.25, 0.3) is 0 Å². The highest BCUT2D eigenvalue weighted by Crippen LogP contribution is 2.32. The zero-order valence-electron chi connectivity index (χ0n) is 10.7. The second-order valence-electron chi connectivity index (χ2n) is 5.43. The molecule has 0 bridgehead atoms. The first kappa shape index (κ1) is 12.7. The van der Waals surface area contributed by atoms with Crippen molar-refractivity contribution in [2.45, 2.75) is 46.1 Å². The summed E-state index contributed by atoms with van der Waals surface area (Å²) in [5.74, 6) is 2.39. The second kappa shape index (κ2) is 5.26. The van der Waals surface area contributed by atoms with Crippen molar-refractivity contribution in [2.75, 3.05) is 0 Å². The van der Waals surface area contributed by atoms with Gasteiger partial charge in [0.15, 0.2) is 0 Å². The largest absolute Gasteiger partial charge is 0.490 e. The Hall–Kier alpha value is -0.760. The van der Waals surface area contributed by atoms with E-state index in [2.05, 4.69) is 18.8 Å². The number of ether oxygens (including phenoxy) is 1. The lowest BCUT2D eigenvalue weighted by Crippen LogP contribution is -2.28. The third-order valence-corrected chi connectivity index (χ3v) is 3.66. The molecule has 2 rings (SSSR count). The Labute approximate surface area is 108 Å². The van der Waals surface area contributed by atoms with Crippen LogP contribution in [0.15, 0.2) is 12.3 Å². The molecule has 0 saturated heterocycles. The molecule has 1 aliphatic rings. The van der Waals surface area contributed by atoms with Crippen molar-refractivity contribution in [1.82, 2.24) is 4.98 Å². The molecule has 1 aliphatic carbocycles. The Morgan fingerprint density at radius 2 is 1.88 bits per heavy atom. The van der Waals surface area contributed by atoms with E-state index in [-0.39, 0.29) is 0 Å². The highest BCUT2D eigenvalue weighted by Gasteiger charge is 2.25. The van der Waals surface area contributed by atoms with Crippen molar-refractivity contribution >= 4 is 11.6 Å². The van der Waals surface area contributed by atoms with E-state index in [1.54, 1.807) is 6.20 Å². The van der Waals surface area contributed by atoms with Gasteiger partial charge in [-0.15, -0.1) is 0 Å². The number of rotatable bonds is 2. The summed E-state index contributed by atoms with van der Waals surface area (Å²) < 4.78 is 6.08. The van der Waals surface area contributed by atoms with Gasteiger partial charge in [-0.2, -0.15) is 0 Å². The molecule has 0 N–H and O–H groups in total. The number of aromatic nitrogens is 1. The molecule has 0 aromatic carbocycles. The standard InChI is InChI=1S/C14H20ClNO/c1-9-4-10(2)6-12(5-9)17-13-7-14(15)16-8-11(13)3/h7-10,12H,4-6H2,1-3H3. The Kier molecular flexibility index (Phi) is 3.93. The van der Waals surface area contributed by atoms with Crippen LogP contribution in [-0.2, 0) is 0 Å². The number of aryl methyl sites for hydroxylation is 1. The summed E-state index contributed by atoms with van der Waals surface area (Å²) in [6.45, 7) is 6.62. The van der Waals surface area contributed by atoms with Crippen molar-refractivity contribution in [1.29, 1.82) is 0 Å². The number of nitrogens with zero attached hydrogens (tertiary/aromatic N) is 1. The molecule has 17 heavy (non-hydrogen) atoms. The van der Waals surface area contributed by atoms with Gasteiger partial charge < -0.3 is 4.74 Å². The van der Waals surface area contributed by atoms with Gasteiger partial charge in [0.1, 0.15) is 10.9 Å². The molecule has 0 amide bonds. The Balaban J connectivity index is 2.07. The molecule has 1 fully saturated rings. The third kappa shape index (κ3) is 3.35. The maximum Gasteiger partial charge on any atom is 0.132 e. The smallest absolute Gasteiger partial charge is 0.132 e. The number of hydrogen-bond donors (Lipinski definition) is 0. The van der Waals surface area contributed by atoms with Gasteiger partial charge >= 0.3 is 0 Å². The Bertz CT molecular complexity index is 384. The van der Waals surface area contributed by atoms with Crippen molar-refractivity contribution in [3.8, 4) is 5.75 Å². The van der Waals surface area contributed by atoms with E-state index >= 15 is 0 Å². The first-order valence-electron chi connectivity index (χ1n) is 6.33. The average molecular weight is 254 g/mol. The lowest BCUT2D eigenvalue weighted by molar-refractivity contribution is 0.100. The number of halogens is 1. The molecule has 94 valence electrons. The van der Waals surface area contributed by atoms with Crippen molar-refractivity contribution < 1.29 is 4.74 Å².